The number of aryl methyl sites for hydroxylation is 1. The summed E-state index contributed by atoms with van der Waals surface area (Å²) in [5, 5.41) is 3.21. The molecule has 0 saturated carbocycles. The second-order valence-corrected chi connectivity index (χ2v) is 6.15. The number of likely N-dealkylation sites (N-methyl/N-ethyl adjacent to an activating group) is 1. The average molecular weight is 325 g/mol. The molecule has 1 N–H and O–H groups in total. The van der Waals surface area contributed by atoms with Gasteiger partial charge in [0.15, 0.2) is 0 Å². The van der Waals surface area contributed by atoms with Crippen molar-refractivity contribution in [2.24, 2.45) is 0 Å². The summed E-state index contributed by atoms with van der Waals surface area (Å²) in [6, 6.07) is 11.8. The first-order valence-corrected chi connectivity index (χ1v) is 8.23. The van der Waals surface area contributed by atoms with Crippen LogP contribution < -0.4 is 5.32 Å². The first-order chi connectivity index (χ1) is 11.6. The summed E-state index contributed by atoms with van der Waals surface area (Å²) in [5.41, 5.74) is 2.40. The molecule has 126 valence electrons. The van der Waals surface area contributed by atoms with E-state index < -0.39 is 0 Å². The van der Waals surface area contributed by atoms with Crippen molar-refractivity contribution in [3.8, 4) is 0 Å². The van der Waals surface area contributed by atoms with E-state index in [1.54, 1.807) is 6.07 Å². The number of hydrogen-bond acceptors (Lipinski definition) is 5. The summed E-state index contributed by atoms with van der Waals surface area (Å²) in [5.74, 6) is 0.479. The van der Waals surface area contributed by atoms with Gasteiger partial charge < -0.3 is 15.1 Å². The van der Waals surface area contributed by atoms with E-state index in [0.717, 1.165) is 37.4 Å². The van der Waals surface area contributed by atoms with Crippen LogP contribution in [0.1, 0.15) is 21.7 Å². The number of nitrogens with one attached hydrogen (secondary N) is 1. The lowest BCUT2D eigenvalue weighted by molar-refractivity contribution is 0.0658. The van der Waals surface area contributed by atoms with Crippen LogP contribution in [0.25, 0.3) is 0 Å². The van der Waals surface area contributed by atoms with E-state index >= 15 is 0 Å². The quantitative estimate of drug-likeness (QED) is 0.928. The van der Waals surface area contributed by atoms with Gasteiger partial charge in [0, 0.05) is 38.4 Å². The second-order valence-electron chi connectivity index (χ2n) is 6.15. The van der Waals surface area contributed by atoms with Crippen molar-refractivity contribution in [1.82, 2.24) is 19.8 Å². The van der Waals surface area contributed by atoms with E-state index in [1.165, 1.54) is 0 Å². The van der Waals surface area contributed by atoms with Crippen molar-refractivity contribution < 1.29 is 4.79 Å². The van der Waals surface area contributed by atoms with Crippen LogP contribution in [0, 0.1) is 6.92 Å². The normalized spacial score (nSPS) is 15.3. The molecule has 6 nitrogen and oxygen atoms in total. The lowest BCUT2D eigenvalue weighted by Gasteiger charge is -2.32. The maximum atomic E-state index is 12.7. The first kappa shape index (κ1) is 16.4. The van der Waals surface area contributed by atoms with Crippen molar-refractivity contribution in [2.75, 3.05) is 38.5 Å². The fourth-order valence-electron chi connectivity index (χ4n) is 2.71. The van der Waals surface area contributed by atoms with Crippen LogP contribution in [0.15, 0.2) is 36.4 Å². The third kappa shape index (κ3) is 4.08. The molecule has 0 bridgehead atoms. The number of hydrogen-bond donors (Lipinski definition) is 1. The van der Waals surface area contributed by atoms with Gasteiger partial charge in [-0.05, 0) is 25.6 Å². The monoisotopic (exact) mass is 325 g/mol. The van der Waals surface area contributed by atoms with E-state index in [9.17, 15) is 4.79 Å². The number of benzene rings is 1. The number of piperazine rings is 1. The highest BCUT2D eigenvalue weighted by molar-refractivity contribution is 5.92. The van der Waals surface area contributed by atoms with Crippen LogP contribution in [0.5, 0.6) is 0 Å². The predicted molar refractivity (Wildman–Crippen MR) is 93.9 cm³/mol. The Balaban J connectivity index is 1.70. The van der Waals surface area contributed by atoms with Crippen molar-refractivity contribution >= 4 is 11.9 Å². The van der Waals surface area contributed by atoms with E-state index in [2.05, 4.69) is 27.2 Å². The Morgan fingerprint density at radius 2 is 1.83 bits per heavy atom. The Kier molecular flexibility index (Phi) is 5.05. The van der Waals surface area contributed by atoms with Gasteiger partial charge in [0.1, 0.15) is 5.69 Å². The highest BCUT2D eigenvalue weighted by atomic mass is 16.2. The topological polar surface area (TPSA) is 61.4 Å². The van der Waals surface area contributed by atoms with Crippen LogP contribution in [-0.2, 0) is 6.54 Å². The maximum absolute atomic E-state index is 12.7. The molecule has 1 fully saturated rings. The third-order valence-corrected chi connectivity index (χ3v) is 4.16. The lowest BCUT2D eigenvalue weighted by atomic mass is 10.2. The largest absolute Gasteiger partial charge is 0.350 e. The van der Waals surface area contributed by atoms with Crippen molar-refractivity contribution in [3.05, 3.63) is 53.3 Å². The lowest BCUT2D eigenvalue weighted by Crippen LogP contribution is -2.47. The Morgan fingerprint density at radius 3 is 2.54 bits per heavy atom. The molecule has 1 saturated heterocycles. The number of nitrogens with zero attached hydrogens (tertiary/aromatic N) is 4. The summed E-state index contributed by atoms with van der Waals surface area (Å²) in [4.78, 5) is 25.6. The molecule has 3 rings (SSSR count). The fraction of sp³-hybridized carbons (Fsp3) is 0.389. The number of carbonyl (C=O) groups excluding carboxylic acids is 1. The molecular formula is C18H23N5O. The second kappa shape index (κ2) is 7.40. The Morgan fingerprint density at radius 1 is 1.12 bits per heavy atom. The molecule has 24 heavy (non-hydrogen) atoms. The molecule has 0 atom stereocenters. The molecule has 0 aliphatic carbocycles. The van der Waals surface area contributed by atoms with E-state index in [4.69, 9.17) is 0 Å². The average Bonchev–Trinajstić information content (AvgIpc) is 2.60. The summed E-state index contributed by atoms with van der Waals surface area (Å²) in [6.45, 7) is 5.79. The van der Waals surface area contributed by atoms with Crippen LogP contribution in [0.3, 0.4) is 0 Å². The molecule has 6 heteroatoms. The van der Waals surface area contributed by atoms with Crippen LogP contribution in [-0.4, -0.2) is 58.9 Å². The third-order valence-electron chi connectivity index (χ3n) is 4.16. The van der Waals surface area contributed by atoms with E-state index in [1.807, 2.05) is 42.2 Å². The number of amides is 1. The molecule has 1 aromatic heterocycles. The Labute approximate surface area is 142 Å². The van der Waals surface area contributed by atoms with Crippen LogP contribution in [0.2, 0.25) is 0 Å². The van der Waals surface area contributed by atoms with Crippen LogP contribution in [0.4, 0.5) is 5.95 Å². The molecule has 0 spiro atoms. The Bertz CT molecular complexity index is 696. The zero-order chi connectivity index (χ0) is 16.9. The molecule has 1 amide bonds. The molecular weight excluding hydrogens is 302 g/mol. The number of rotatable bonds is 4. The van der Waals surface area contributed by atoms with Crippen molar-refractivity contribution in [2.45, 2.75) is 13.5 Å². The van der Waals surface area contributed by atoms with Gasteiger partial charge in [0.05, 0.1) is 0 Å². The standard InChI is InChI=1S/C18H23N5O/c1-14-12-16(17(24)23-10-8-22(2)9-11-23)21-18(20-14)19-13-15-6-4-3-5-7-15/h3-7,12H,8-11,13H2,1-2H3,(H,19,20,21). The van der Waals surface area contributed by atoms with Crippen molar-refractivity contribution in [1.29, 1.82) is 0 Å². The Hall–Kier alpha value is -2.47. The van der Waals surface area contributed by atoms with Gasteiger partial charge in [0.25, 0.3) is 5.91 Å². The van der Waals surface area contributed by atoms with Gasteiger partial charge in [0.2, 0.25) is 5.95 Å². The molecule has 0 radical (unpaired) electrons. The van der Waals surface area contributed by atoms with E-state index in [0.29, 0.717) is 18.2 Å². The van der Waals surface area contributed by atoms with Crippen LogP contribution >= 0.6 is 0 Å². The number of anilines is 1. The smallest absolute Gasteiger partial charge is 0.272 e. The predicted octanol–water partition coefficient (Wildman–Crippen LogP) is 1.78. The first-order valence-electron chi connectivity index (χ1n) is 8.23. The van der Waals surface area contributed by atoms with Gasteiger partial charge in [-0.1, -0.05) is 30.3 Å². The molecule has 1 aromatic carbocycles. The molecule has 2 heterocycles. The summed E-state index contributed by atoms with van der Waals surface area (Å²) in [6.07, 6.45) is 0. The molecule has 1 aliphatic rings. The van der Waals surface area contributed by atoms with E-state index in [-0.39, 0.29) is 5.91 Å². The SMILES string of the molecule is Cc1cc(C(=O)N2CCN(C)CC2)nc(NCc2ccccc2)n1. The number of carbonyl (C=O) groups is 1. The fourth-order valence-corrected chi connectivity index (χ4v) is 2.71. The summed E-state index contributed by atoms with van der Waals surface area (Å²) in [7, 11) is 2.07. The zero-order valence-electron chi connectivity index (χ0n) is 14.2. The van der Waals surface area contributed by atoms with Gasteiger partial charge in [-0.3, -0.25) is 4.79 Å². The maximum Gasteiger partial charge on any atom is 0.272 e. The van der Waals surface area contributed by atoms with Gasteiger partial charge >= 0.3 is 0 Å². The minimum absolute atomic E-state index is 0.0173. The molecule has 0 unspecified atom stereocenters. The minimum atomic E-state index is -0.0173. The van der Waals surface area contributed by atoms with Gasteiger partial charge in [-0.15, -0.1) is 0 Å². The molecule has 2 aromatic rings. The molecule has 1 aliphatic heterocycles. The minimum Gasteiger partial charge on any atom is -0.350 e. The number of aromatic nitrogens is 2. The zero-order valence-corrected chi connectivity index (χ0v) is 14.2. The van der Waals surface area contributed by atoms with Crippen molar-refractivity contribution in [3.63, 3.8) is 0 Å². The summed E-state index contributed by atoms with van der Waals surface area (Å²) < 4.78 is 0. The highest BCUT2D eigenvalue weighted by Crippen LogP contribution is 2.11. The highest BCUT2D eigenvalue weighted by Gasteiger charge is 2.22. The van der Waals surface area contributed by atoms with Gasteiger partial charge in [-0.2, -0.15) is 0 Å². The summed E-state index contributed by atoms with van der Waals surface area (Å²) >= 11 is 0. The van der Waals surface area contributed by atoms with Gasteiger partial charge in [-0.25, -0.2) is 9.97 Å².